The summed E-state index contributed by atoms with van der Waals surface area (Å²) in [4.78, 5) is 0. The first-order chi connectivity index (χ1) is 15.7. The molecule has 154 valence electrons. The minimum absolute atomic E-state index is 0.164. The molecule has 0 bridgehead atoms. The molecule has 7 aromatic carbocycles. The fraction of sp³-hybridized carbons (Fsp3) is 0.172. The summed E-state index contributed by atoms with van der Waals surface area (Å²) in [5, 5.41) is 35.5. The maximum Gasteiger partial charge on any atom is 0.107 e. The zero-order valence-corrected chi connectivity index (χ0v) is 17.3. The van der Waals surface area contributed by atoms with Crippen LogP contribution in [0.5, 0.6) is 0 Å². The van der Waals surface area contributed by atoms with E-state index in [0.29, 0.717) is 6.42 Å². The normalized spacial score (nSPS) is 22.2. The molecule has 1 fully saturated rings. The first kappa shape index (κ1) is 17.3. The molecule has 0 amide bonds. The third-order valence-electron chi connectivity index (χ3n) is 7.78. The summed E-state index contributed by atoms with van der Waals surface area (Å²) in [5.74, 6) is 0. The van der Waals surface area contributed by atoms with Gasteiger partial charge in [0.1, 0.15) is 6.10 Å². The van der Waals surface area contributed by atoms with Crippen LogP contribution in [0.3, 0.4) is 0 Å². The van der Waals surface area contributed by atoms with Crippen LogP contribution in [0.4, 0.5) is 0 Å². The molecule has 2 N–H and O–H groups in total. The molecule has 0 aromatic heterocycles. The predicted octanol–water partition coefficient (Wildman–Crippen LogP) is 6.10. The van der Waals surface area contributed by atoms with Crippen LogP contribution in [-0.4, -0.2) is 29.0 Å². The number of benzene rings is 7. The van der Waals surface area contributed by atoms with Gasteiger partial charge in [-0.05, 0) is 76.3 Å². The summed E-state index contributed by atoms with van der Waals surface area (Å²) in [6.07, 6.45) is -0.898. The van der Waals surface area contributed by atoms with E-state index in [9.17, 15) is 10.2 Å². The lowest BCUT2D eigenvalue weighted by Gasteiger charge is -2.23. The van der Waals surface area contributed by atoms with Gasteiger partial charge in [0.15, 0.2) is 0 Å². The second-order valence-electron chi connectivity index (χ2n) is 9.36. The van der Waals surface area contributed by atoms with E-state index in [2.05, 4.69) is 66.7 Å². The van der Waals surface area contributed by atoms with Crippen molar-refractivity contribution in [1.82, 2.24) is 0 Å². The van der Waals surface area contributed by atoms with Crippen molar-refractivity contribution in [3.63, 3.8) is 0 Å². The van der Waals surface area contributed by atoms with Crippen LogP contribution in [0.2, 0.25) is 0 Å². The molecular weight excluding hydrogens is 396 g/mol. The molecule has 32 heavy (non-hydrogen) atoms. The molecule has 3 atom stereocenters. The van der Waals surface area contributed by atoms with Crippen LogP contribution in [0.15, 0.2) is 66.7 Å². The van der Waals surface area contributed by atoms with Crippen LogP contribution >= 0.6 is 0 Å². The highest BCUT2D eigenvalue weighted by Crippen LogP contribution is 2.50. The Kier molecular flexibility index (Phi) is 3.12. The Morgan fingerprint density at radius 1 is 0.656 bits per heavy atom. The monoisotopic (exact) mass is 416 g/mol. The van der Waals surface area contributed by atoms with Crippen molar-refractivity contribution >= 4 is 64.6 Å². The van der Waals surface area contributed by atoms with Crippen LogP contribution in [0.1, 0.15) is 18.1 Å². The molecule has 1 saturated heterocycles. The highest BCUT2D eigenvalue weighted by atomic mass is 16.5. The van der Waals surface area contributed by atoms with Gasteiger partial charge in [-0.2, -0.15) is 0 Å². The van der Waals surface area contributed by atoms with Crippen molar-refractivity contribution in [3.05, 3.63) is 72.3 Å². The maximum atomic E-state index is 10.4. The lowest BCUT2D eigenvalue weighted by atomic mass is 9.81. The van der Waals surface area contributed by atoms with Crippen LogP contribution < -0.4 is 0 Å². The molecule has 3 heteroatoms. The number of hydrogen-bond acceptors (Lipinski definition) is 3. The van der Waals surface area contributed by atoms with Gasteiger partial charge < -0.3 is 14.9 Å². The molecule has 0 spiro atoms. The lowest BCUT2D eigenvalue weighted by molar-refractivity contribution is -0.0221. The Balaban J connectivity index is 1.63. The highest BCUT2D eigenvalue weighted by molar-refractivity contribution is 6.44. The lowest BCUT2D eigenvalue weighted by Crippen LogP contribution is -2.24. The Morgan fingerprint density at radius 2 is 1.12 bits per heavy atom. The number of aliphatic hydroxyl groups excluding tert-OH is 2. The van der Waals surface area contributed by atoms with Crippen molar-refractivity contribution in [2.45, 2.75) is 24.7 Å². The van der Waals surface area contributed by atoms with E-state index in [1.165, 1.54) is 64.6 Å². The smallest absolute Gasteiger partial charge is 0.107 e. The van der Waals surface area contributed by atoms with E-state index in [-0.39, 0.29) is 12.7 Å². The number of ether oxygens (including phenoxy) is 1. The fourth-order valence-electron chi connectivity index (χ4n) is 6.38. The largest absolute Gasteiger partial charge is 0.394 e. The molecule has 1 aliphatic rings. The molecule has 0 radical (unpaired) electrons. The van der Waals surface area contributed by atoms with E-state index < -0.39 is 12.2 Å². The van der Waals surface area contributed by atoms with Crippen molar-refractivity contribution in [2.75, 3.05) is 6.61 Å². The van der Waals surface area contributed by atoms with E-state index in [4.69, 9.17) is 4.74 Å². The SMILES string of the molecule is OC[C@H]1O[C@H](c2cc3ccc4ccc5ccc6ccc7ccc2c2c7c6c5c4c32)CC1O. The molecular formula is C29H20O3. The van der Waals surface area contributed by atoms with Gasteiger partial charge in [0.05, 0.1) is 18.8 Å². The number of aliphatic hydroxyl groups is 2. The standard InChI is InChI=1S/C29H20O3/c30-13-23-21(31)12-22(32-23)20-11-18-8-7-16-4-2-14-1-3-15-5-6-17-9-10-19(20)29-27(17)25(15)24(14)26(16)28(18)29/h1-11,21-23,30-31H,12-13H2/t21?,22-,23+/m0/s1. The number of hydrogen-bond donors (Lipinski definition) is 2. The Bertz CT molecular complexity index is 1740. The summed E-state index contributed by atoms with van der Waals surface area (Å²) in [7, 11) is 0. The van der Waals surface area contributed by atoms with Gasteiger partial charge in [-0.15, -0.1) is 0 Å². The van der Waals surface area contributed by atoms with E-state index >= 15 is 0 Å². The molecule has 7 aromatic rings. The predicted molar refractivity (Wildman–Crippen MR) is 130 cm³/mol. The first-order valence-electron chi connectivity index (χ1n) is 11.3. The number of rotatable bonds is 2. The molecule has 3 nitrogen and oxygen atoms in total. The van der Waals surface area contributed by atoms with Crippen LogP contribution in [-0.2, 0) is 4.74 Å². The van der Waals surface area contributed by atoms with Crippen LogP contribution in [0.25, 0.3) is 64.6 Å². The first-order valence-corrected chi connectivity index (χ1v) is 11.3. The third kappa shape index (κ3) is 1.94. The quantitative estimate of drug-likeness (QED) is 0.264. The van der Waals surface area contributed by atoms with Gasteiger partial charge in [-0.25, -0.2) is 0 Å². The van der Waals surface area contributed by atoms with Gasteiger partial charge in [0.25, 0.3) is 0 Å². The third-order valence-corrected chi connectivity index (χ3v) is 7.78. The topological polar surface area (TPSA) is 49.7 Å². The van der Waals surface area contributed by atoms with E-state index in [1.54, 1.807) is 0 Å². The van der Waals surface area contributed by atoms with E-state index in [0.717, 1.165) is 5.56 Å². The van der Waals surface area contributed by atoms with Crippen molar-refractivity contribution < 1.29 is 14.9 Å². The van der Waals surface area contributed by atoms with Crippen molar-refractivity contribution in [1.29, 1.82) is 0 Å². The summed E-state index contributed by atoms with van der Waals surface area (Å²) in [6.45, 7) is -0.164. The molecule has 0 saturated carbocycles. The summed E-state index contributed by atoms with van der Waals surface area (Å²) in [5.41, 5.74) is 1.10. The summed E-state index contributed by atoms with van der Waals surface area (Å²) >= 11 is 0. The Labute approximate surface area is 183 Å². The second kappa shape index (κ2) is 5.76. The maximum absolute atomic E-state index is 10.4. The molecule has 1 unspecified atom stereocenters. The molecule has 1 aliphatic heterocycles. The average Bonchev–Trinajstić information content (AvgIpc) is 3.22. The molecule has 8 rings (SSSR count). The molecule has 1 heterocycles. The minimum atomic E-state index is -0.646. The fourth-order valence-corrected chi connectivity index (χ4v) is 6.38. The van der Waals surface area contributed by atoms with Gasteiger partial charge in [-0.3, -0.25) is 0 Å². The van der Waals surface area contributed by atoms with Gasteiger partial charge >= 0.3 is 0 Å². The van der Waals surface area contributed by atoms with Crippen LogP contribution in [0, 0.1) is 0 Å². The second-order valence-corrected chi connectivity index (χ2v) is 9.36. The molecule has 0 aliphatic carbocycles. The summed E-state index contributed by atoms with van der Waals surface area (Å²) in [6, 6.07) is 24.5. The van der Waals surface area contributed by atoms with Crippen molar-refractivity contribution in [2.24, 2.45) is 0 Å². The van der Waals surface area contributed by atoms with Crippen molar-refractivity contribution in [3.8, 4) is 0 Å². The minimum Gasteiger partial charge on any atom is -0.394 e. The average molecular weight is 416 g/mol. The Morgan fingerprint density at radius 3 is 1.66 bits per heavy atom. The zero-order chi connectivity index (χ0) is 21.1. The Hall–Kier alpha value is -3.24. The van der Waals surface area contributed by atoms with Gasteiger partial charge in [0.2, 0.25) is 0 Å². The van der Waals surface area contributed by atoms with Gasteiger partial charge in [-0.1, -0.05) is 60.7 Å². The van der Waals surface area contributed by atoms with Gasteiger partial charge in [0, 0.05) is 6.42 Å². The highest BCUT2D eigenvalue weighted by Gasteiger charge is 2.35. The zero-order valence-electron chi connectivity index (χ0n) is 17.3. The van der Waals surface area contributed by atoms with E-state index in [1.807, 2.05) is 0 Å². The summed E-state index contributed by atoms with van der Waals surface area (Å²) < 4.78 is 6.12.